The monoisotopic (exact) mass is 155 g/mol. The van der Waals surface area contributed by atoms with Crippen molar-refractivity contribution in [3.8, 4) is 0 Å². The molecular weight excluding hydrogens is 140 g/mol. The molecule has 0 unspecified atom stereocenters. The lowest BCUT2D eigenvalue weighted by molar-refractivity contribution is 0.180. The Morgan fingerprint density at radius 3 is 2.27 bits per heavy atom. The Balaban J connectivity index is 2.31. The normalized spacial score (nSPS) is 17.5. The lowest BCUT2D eigenvalue weighted by Crippen LogP contribution is -2.53. The van der Waals surface area contributed by atoms with E-state index in [-0.39, 0.29) is 11.6 Å². The highest BCUT2D eigenvalue weighted by Crippen LogP contribution is 2.07. The first-order valence-corrected chi connectivity index (χ1v) is 3.88. The minimum absolute atomic E-state index is 0.0417. The summed E-state index contributed by atoms with van der Waals surface area (Å²) in [7, 11) is 0. The zero-order chi connectivity index (χ0) is 8.48. The van der Waals surface area contributed by atoms with Crippen molar-refractivity contribution in [1.29, 1.82) is 0 Å². The molecule has 0 atom stereocenters. The molecule has 3 nitrogen and oxygen atoms in total. The Morgan fingerprint density at radius 2 is 2.00 bits per heavy atom. The second kappa shape index (κ2) is 2.72. The second-order valence-electron chi connectivity index (χ2n) is 3.87. The van der Waals surface area contributed by atoms with E-state index < -0.39 is 0 Å². The SMILES string of the molecule is CC(C)(C)NC(=O)N1C[CH]C1. The lowest BCUT2D eigenvalue weighted by Gasteiger charge is -2.33. The van der Waals surface area contributed by atoms with Gasteiger partial charge in [-0.1, -0.05) is 0 Å². The molecule has 1 aliphatic rings. The molecule has 0 aromatic heterocycles. The maximum atomic E-state index is 11.2. The number of nitrogens with zero attached hydrogens (tertiary/aromatic N) is 1. The third kappa shape index (κ3) is 2.41. The van der Waals surface area contributed by atoms with Crippen molar-refractivity contribution < 1.29 is 4.79 Å². The Bertz CT molecular complexity index is 156. The Hall–Kier alpha value is -0.730. The van der Waals surface area contributed by atoms with E-state index in [0.717, 1.165) is 13.1 Å². The molecule has 1 saturated heterocycles. The van der Waals surface area contributed by atoms with E-state index in [1.807, 2.05) is 20.8 Å². The molecule has 0 aromatic carbocycles. The van der Waals surface area contributed by atoms with Gasteiger partial charge in [0.2, 0.25) is 0 Å². The van der Waals surface area contributed by atoms with Crippen LogP contribution in [0.5, 0.6) is 0 Å². The van der Waals surface area contributed by atoms with E-state index in [0.29, 0.717) is 0 Å². The average Bonchev–Trinajstić information content (AvgIpc) is 1.50. The predicted octanol–water partition coefficient (Wildman–Crippen LogP) is 1.01. The number of urea groups is 1. The Kier molecular flexibility index (Phi) is 2.07. The molecule has 3 heteroatoms. The zero-order valence-electron chi connectivity index (χ0n) is 7.35. The van der Waals surface area contributed by atoms with Crippen molar-refractivity contribution in [2.45, 2.75) is 26.3 Å². The van der Waals surface area contributed by atoms with Crippen molar-refractivity contribution in [3.63, 3.8) is 0 Å². The number of amides is 2. The summed E-state index contributed by atoms with van der Waals surface area (Å²) < 4.78 is 0. The summed E-state index contributed by atoms with van der Waals surface area (Å²) in [5, 5.41) is 2.89. The van der Waals surface area contributed by atoms with Crippen molar-refractivity contribution in [2.24, 2.45) is 0 Å². The Morgan fingerprint density at radius 1 is 1.45 bits per heavy atom. The van der Waals surface area contributed by atoms with Crippen LogP contribution in [-0.2, 0) is 0 Å². The van der Waals surface area contributed by atoms with Gasteiger partial charge in [0.15, 0.2) is 0 Å². The van der Waals surface area contributed by atoms with E-state index in [4.69, 9.17) is 0 Å². The minimum Gasteiger partial charge on any atom is -0.333 e. The second-order valence-corrected chi connectivity index (χ2v) is 3.87. The van der Waals surface area contributed by atoms with Gasteiger partial charge >= 0.3 is 6.03 Å². The van der Waals surface area contributed by atoms with Gasteiger partial charge in [0.25, 0.3) is 0 Å². The van der Waals surface area contributed by atoms with Crippen LogP contribution in [0.2, 0.25) is 0 Å². The van der Waals surface area contributed by atoms with Crippen LogP contribution in [-0.4, -0.2) is 29.6 Å². The predicted molar refractivity (Wildman–Crippen MR) is 44.2 cm³/mol. The van der Waals surface area contributed by atoms with Gasteiger partial charge in [-0.3, -0.25) is 0 Å². The summed E-state index contributed by atoms with van der Waals surface area (Å²) in [6.45, 7) is 7.53. The topological polar surface area (TPSA) is 32.3 Å². The highest BCUT2D eigenvalue weighted by atomic mass is 16.2. The molecule has 0 saturated carbocycles. The fraction of sp³-hybridized carbons (Fsp3) is 0.750. The molecule has 1 aliphatic heterocycles. The molecule has 0 aromatic rings. The average molecular weight is 155 g/mol. The van der Waals surface area contributed by atoms with E-state index in [2.05, 4.69) is 11.7 Å². The number of rotatable bonds is 0. The van der Waals surface area contributed by atoms with Gasteiger partial charge in [0.1, 0.15) is 0 Å². The summed E-state index contributed by atoms with van der Waals surface area (Å²) in [6.07, 6.45) is 2.07. The van der Waals surface area contributed by atoms with Crippen molar-refractivity contribution in [1.82, 2.24) is 10.2 Å². The zero-order valence-corrected chi connectivity index (χ0v) is 7.35. The van der Waals surface area contributed by atoms with Gasteiger partial charge in [-0.15, -0.1) is 0 Å². The largest absolute Gasteiger partial charge is 0.333 e. The number of carbonyl (C=O) groups excluding carboxylic acids is 1. The van der Waals surface area contributed by atoms with Crippen LogP contribution in [0.4, 0.5) is 4.79 Å². The maximum absolute atomic E-state index is 11.2. The number of nitrogens with one attached hydrogen (secondary N) is 1. The summed E-state index contributed by atoms with van der Waals surface area (Å²) in [5.74, 6) is 0. The van der Waals surface area contributed by atoms with Gasteiger partial charge in [0.05, 0.1) is 0 Å². The molecule has 0 spiro atoms. The van der Waals surface area contributed by atoms with Gasteiger partial charge in [-0.2, -0.15) is 0 Å². The highest BCUT2D eigenvalue weighted by molar-refractivity contribution is 5.76. The molecule has 0 bridgehead atoms. The fourth-order valence-corrected chi connectivity index (χ4v) is 0.824. The van der Waals surface area contributed by atoms with Crippen LogP contribution in [0.3, 0.4) is 0 Å². The van der Waals surface area contributed by atoms with Crippen LogP contribution >= 0.6 is 0 Å². The maximum Gasteiger partial charge on any atom is 0.317 e. The molecule has 1 heterocycles. The molecule has 1 fully saturated rings. The van der Waals surface area contributed by atoms with Crippen LogP contribution in [0, 0.1) is 6.42 Å². The molecule has 1 N–H and O–H groups in total. The van der Waals surface area contributed by atoms with Crippen LogP contribution in [0.1, 0.15) is 20.8 Å². The summed E-state index contributed by atoms with van der Waals surface area (Å²) in [5.41, 5.74) is -0.118. The highest BCUT2D eigenvalue weighted by Gasteiger charge is 2.23. The van der Waals surface area contributed by atoms with Crippen molar-refractivity contribution in [2.75, 3.05) is 13.1 Å². The van der Waals surface area contributed by atoms with Crippen LogP contribution in [0.25, 0.3) is 0 Å². The molecule has 11 heavy (non-hydrogen) atoms. The number of carbonyl (C=O) groups is 1. The van der Waals surface area contributed by atoms with Gasteiger partial charge in [-0.05, 0) is 20.8 Å². The summed E-state index contributed by atoms with van der Waals surface area (Å²) in [4.78, 5) is 13.0. The third-order valence-corrected chi connectivity index (χ3v) is 1.47. The van der Waals surface area contributed by atoms with E-state index in [1.54, 1.807) is 4.90 Å². The van der Waals surface area contributed by atoms with E-state index in [9.17, 15) is 4.79 Å². The minimum atomic E-state index is -0.118. The van der Waals surface area contributed by atoms with Crippen LogP contribution in [0.15, 0.2) is 0 Å². The first kappa shape index (κ1) is 8.37. The van der Waals surface area contributed by atoms with Crippen LogP contribution < -0.4 is 5.32 Å². The van der Waals surface area contributed by atoms with Crippen molar-refractivity contribution in [3.05, 3.63) is 6.42 Å². The van der Waals surface area contributed by atoms with E-state index >= 15 is 0 Å². The summed E-state index contributed by atoms with van der Waals surface area (Å²) >= 11 is 0. The van der Waals surface area contributed by atoms with Gasteiger partial charge in [-0.25, -0.2) is 4.79 Å². The number of hydrogen-bond acceptors (Lipinski definition) is 1. The van der Waals surface area contributed by atoms with Gasteiger partial charge in [0, 0.05) is 25.0 Å². The van der Waals surface area contributed by atoms with Crippen molar-refractivity contribution >= 4 is 6.03 Å². The number of likely N-dealkylation sites (tertiary alicyclic amines) is 1. The van der Waals surface area contributed by atoms with Gasteiger partial charge < -0.3 is 10.2 Å². The number of hydrogen-bond donors (Lipinski definition) is 1. The summed E-state index contributed by atoms with van der Waals surface area (Å²) in [6, 6.07) is 0.0417. The molecule has 2 amide bonds. The first-order valence-electron chi connectivity index (χ1n) is 3.88. The molecule has 63 valence electrons. The Labute approximate surface area is 67.8 Å². The molecule has 1 rings (SSSR count). The fourth-order valence-electron chi connectivity index (χ4n) is 0.824. The first-order chi connectivity index (χ1) is 4.99. The van der Waals surface area contributed by atoms with E-state index in [1.165, 1.54) is 0 Å². The molecular formula is C8H15N2O. The standard InChI is InChI=1S/C8H15N2O/c1-8(2,3)9-7(11)10-5-4-6-10/h4H,5-6H2,1-3H3,(H,9,11). The molecule has 1 radical (unpaired) electrons. The lowest BCUT2D eigenvalue weighted by atomic mass is 10.1. The quantitative estimate of drug-likeness (QED) is 0.556. The molecule has 0 aliphatic carbocycles. The third-order valence-electron chi connectivity index (χ3n) is 1.47. The smallest absolute Gasteiger partial charge is 0.317 e.